The second-order valence-electron chi connectivity index (χ2n) is 5.65. The van der Waals surface area contributed by atoms with E-state index in [0.29, 0.717) is 0 Å². The van der Waals surface area contributed by atoms with Crippen molar-refractivity contribution in [1.29, 1.82) is 0 Å². The number of aliphatic hydroxyl groups excluding tert-OH is 7. The van der Waals surface area contributed by atoms with Crippen LogP contribution in [0.25, 0.3) is 0 Å². The van der Waals surface area contributed by atoms with Gasteiger partial charge in [0.2, 0.25) is 0 Å². The van der Waals surface area contributed by atoms with Crippen molar-refractivity contribution in [2.45, 2.75) is 54.8 Å². The van der Waals surface area contributed by atoms with Crippen LogP contribution < -0.4 is 0 Å². The van der Waals surface area contributed by atoms with Crippen molar-refractivity contribution in [3.8, 4) is 0 Å². The molecule has 0 unspecified atom stereocenters. The van der Waals surface area contributed by atoms with Crippen LogP contribution in [0, 0.1) is 0 Å². The van der Waals surface area contributed by atoms with E-state index in [1.165, 1.54) is 0 Å². The van der Waals surface area contributed by atoms with Gasteiger partial charge in [-0.3, -0.25) is 0 Å². The fourth-order valence-electron chi connectivity index (χ4n) is 2.68. The molecule has 26 heavy (non-hydrogen) atoms. The van der Waals surface area contributed by atoms with Gasteiger partial charge in [-0.25, -0.2) is 0 Å². The molecule has 14 heteroatoms. The minimum Gasteiger partial charge on any atom is 0 e. The first-order valence-corrected chi connectivity index (χ1v) is 7.62. The number of rotatable bonds is 6. The predicted molar refractivity (Wildman–Crippen MR) is 71.1 cm³/mol. The average Bonchev–Trinajstić information content (AvgIpc) is 2.82. The molecule has 2 aliphatic heterocycles. The van der Waals surface area contributed by atoms with E-state index in [2.05, 4.69) is 20.2 Å². The van der Waals surface area contributed by atoms with Crippen LogP contribution in [0.3, 0.4) is 0 Å². The van der Waals surface area contributed by atoms with Gasteiger partial charge >= 0.3 is 145 Å². The number of hydrogen-bond donors (Lipinski definition) is 7. The van der Waals surface area contributed by atoms with E-state index in [1.807, 2.05) is 0 Å². The molecule has 2 heterocycles. The van der Waals surface area contributed by atoms with Gasteiger partial charge in [0.1, 0.15) is 0 Å². The molecular formula is C12H23Fe2O12. The Morgan fingerprint density at radius 2 is 1.54 bits per heavy atom. The van der Waals surface area contributed by atoms with Gasteiger partial charge in [0, 0.05) is 17.1 Å². The molecular weight excluding hydrogens is 448 g/mol. The summed E-state index contributed by atoms with van der Waals surface area (Å²) >= 11 is 3.12. The number of hydrogen-bond acceptors (Lipinski definition) is 11. The molecule has 9 atom stereocenters. The fraction of sp³-hybridized carbons (Fsp3) is 1.00. The van der Waals surface area contributed by atoms with E-state index in [1.54, 1.807) is 0 Å². The maximum atomic E-state index is 10.1. The zero-order valence-electron chi connectivity index (χ0n) is 13.2. The van der Waals surface area contributed by atoms with Crippen LogP contribution >= 0.6 is 0 Å². The van der Waals surface area contributed by atoms with Gasteiger partial charge in [-0.15, -0.1) is 0 Å². The summed E-state index contributed by atoms with van der Waals surface area (Å²) in [4.78, 5) is 0. The maximum Gasteiger partial charge on any atom is 0 e. The van der Waals surface area contributed by atoms with Crippen molar-refractivity contribution in [3.05, 3.63) is 0 Å². The maximum absolute atomic E-state index is 10.1. The predicted octanol–water partition coefficient (Wildman–Crippen LogP) is -5.74. The van der Waals surface area contributed by atoms with Crippen molar-refractivity contribution in [2.75, 3.05) is 19.8 Å². The second-order valence-corrected chi connectivity index (χ2v) is 5.96. The Morgan fingerprint density at radius 3 is 2.00 bits per heavy atom. The molecule has 0 aromatic carbocycles. The van der Waals surface area contributed by atoms with Crippen LogP contribution in [0.4, 0.5) is 0 Å². The number of aliphatic hydroxyl groups is 7. The molecule has 9 N–H and O–H groups in total. The summed E-state index contributed by atoms with van der Waals surface area (Å²) in [6.45, 7) is -1.83. The van der Waals surface area contributed by atoms with Crippen LogP contribution in [0.5, 0.6) is 0 Å². The summed E-state index contributed by atoms with van der Waals surface area (Å²) in [6.07, 6.45) is -12.2. The van der Waals surface area contributed by atoms with Gasteiger partial charge in [0.25, 0.3) is 0 Å². The molecule has 2 saturated heterocycles. The summed E-state index contributed by atoms with van der Waals surface area (Å²) in [7, 11) is 0. The van der Waals surface area contributed by atoms with E-state index < -0.39 is 68.0 Å². The molecule has 12 nitrogen and oxygen atoms in total. The standard InChI is InChI=1S/C12H21O11.2Fe.H2O/c13-1-4-6(16)8(18)9(19)11(21-4)23-12(3-15)10(20)7(17)5(2-14)22-12;;;/h4-11,14-20H,1-3H2;;;1H2/q-1;;+1;/t4-,5-,6-,7-,8+,9-,10+,11-,12+;;;/m1.../s1. The van der Waals surface area contributed by atoms with Crippen molar-refractivity contribution in [3.63, 3.8) is 0 Å². The number of ether oxygens (including phenoxy) is 3. The van der Waals surface area contributed by atoms with E-state index in [4.69, 9.17) is 19.3 Å². The summed E-state index contributed by atoms with van der Waals surface area (Å²) in [5.41, 5.74) is 0. The summed E-state index contributed by atoms with van der Waals surface area (Å²) in [5, 5.41) is 68.2. The van der Waals surface area contributed by atoms with E-state index in [-0.39, 0.29) is 29.2 Å². The molecule has 0 saturated carbocycles. The van der Waals surface area contributed by atoms with Crippen LogP contribution in [-0.4, -0.2) is 116 Å². The zero-order valence-corrected chi connectivity index (χ0v) is 15.4. The minimum atomic E-state index is -2.20. The first kappa shape index (κ1) is 26.6. The van der Waals surface area contributed by atoms with Gasteiger partial charge in [-0.1, -0.05) is 0 Å². The summed E-state index contributed by atoms with van der Waals surface area (Å²) in [5.74, 6) is -2.20. The third-order valence-electron chi connectivity index (χ3n) is 4.11. The molecule has 2 fully saturated rings. The molecule has 2 aliphatic rings. The molecule has 0 amide bonds. The molecule has 0 spiro atoms. The minimum absolute atomic E-state index is 0. The Balaban J connectivity index is 0.00000312. The molecule has 159 valence electrons. The summed E-state index contributed by atoms with van der Waals surface area (Å²) < 4.78 is 20.3. The van der Waals surface area contributed by atoms with Crippen LogP contribution in [0.1, 0.15) is 0 Å². The Morgan fingerprint density at radius 1 is 0.923 bits per heavy atom. The van der Waals surface area contributed by atoms with Gasteiger partial charge in [0.15, 0.2) is 0 Å². The van der Waals surface area contributed by atoms with Crippen molar-refractivity contribution in [2.24, 2.45) is 0 Å². The SMILES string of the molecule is O.OC[C@H]1O[C@@](CO)(O[C@H]2O[C@H](C[O][Fe])[C@@H](O)[C@H](O)[C@H]2O)[C@@H](O)[C@@H]1O.[Fe]. The van der Waals surface area contributed by atoms with Crippen LogP contribution in [0.2, 0.25) is 0 Å². The molecule has 0 bridgehead atoms. The molecule has 0 radical (unpaired) electrons. The van der Waals surface area contributed by atoms with E-state index >= 15 is 0 Å². The zero-order chi connectivity index (χ0) is 18.1. The fourth-order valence-corrected chi connectivity index (χ4v) is 2.86. The van der Waals surface area contributed by atoms with E-state index in [0.717, 1.165) is 0 Å². The largest absolute Gasteiger partial charge is 0 e. The van der Waals surface area contributed by atoms with Crippen LogP contribution in [0.15, 0.2) is 0 Å². The average molecular weight is 471 g/mol. The topological polar surface area (TPSA) is 210 Å². The monoisotopic (exact) mass is 471 g/mol. The second kappa shape index (κ2) is 10.9. The Kier molecular flexibility index (Phi) is 11.2. The van der Waals surface area contributed by atoms with Crippen molar-refractivity contribution < 1.29 is 92.7 Å². The molecule has 0 aromatic heterocycles. The molecule has 2 rings (SSSR count). The van der Waals surface area contributed by atoms with Crippen molar-refractivity contribution >= 4 is 0 Å². The quantitative estimate of drug-likeness (QED) is 0.182. The van der Waals surface area contributed by atoms with E-state index in [9.17, 15) is 30.6 Å². The van der Waals surface area contributed by atoms with Gasteiger partial charge in [0.05, 0.1) is 0 Å². The van der Waals surface area contributed by atoms with Gasteiger partial charge < -0.3 is 5.48 Å². The third kappa shape index (κ3) is 4.93. The Labute approximate surface area is 167 Å². The third-order valence-corrected chi connectivity index (χ3v) is 4.30. The van der Waals surface area contributed by atoms with Gasteiger partial charge in [-0.05, 0) is 0 Å². The first-order valence-electron chi connectivity index (χ1n) is 7.17. The smallest absolute Gasteiger partial charge is 0 e. The van der Waals surface area contributed by atoms with Gasteiger partial charge in [-0.2, -0.15) is 0 Å². The first-order chi connectivity index (χ1) is 11.3. The Hall–Kier alpha value is 0.559. The molecule has 0 aliphatic carbocycles. The molecule has 0 aromatic rings. The normalized spacial score (nSPS) is 45.7. The van der Waals surface area contributed by atoms with Crippen LogP contribution in [-0.2, 0) is 51.4 Å². The Bertz CT molecular complexity index is 420. The van der Waals surface area contributed by atoms with Crippen molar-refractivity contribution in [1.82, 2.24) is 0 Å². The summed E-state index contributed by atoms with van der Waals surface area (Å²) in [6, 6.07) is 0.